The Hall–Kier alpha value is 0.260. The van der Waals surface area contributed by atoms with E-state index in [-0.39, 0.29) is 11.9 Å². The van der Waals surface area contributed by atoms with Gasteiger partial charge >= 0.3 is 5.97 Å². The first-order valence-corrected chi connectivity index (χ1v) is 11.9. The zero-order valence-corrected chi connectivity index (χ0v) is 18.3. The van der Waals surface area contributed by atoms with E-state index in [0.717, 1.165) is 15.0 Å². The van der Waals surface area contributed by atoms with Gasteiger partial charge in [0, 0.05) is 5.75 Å². The topological polar surface area (TPSA) is 26.3 Å². The van der Waals surface area contributed by atoms with Gasteiger partial charge in [0.15, 0.2) is 0 Å². The molecule has 0 aromatic carbocycles. The van der Waals surface area contributed by atoms with E-state index in [1.165, 1.54) is 64.2 Å². The van der Waals surface area contributed by atoms with E-state index < -0.39 is 0 Å². The van der Waals surface area contributed by atoms with E-state index >= 15 is 0 Å². The average Bonchev–Trinajstić information content (AvgIpc) is 2.56. The lowest BCUT2D eigenvalue weighted by molar-refractivity contribution is -0.146. The van der Waals surface area contributed by atoms with Crippen molar-refractivity contribution >= 4 is 45.2 Å². The van der Waals surface area contributed by atoms with Crippen LogP contribution in [0.2, 0.25) is 0 Å². The predicted octanol–water partition coefficient (Wildman–Crippen LogP) is 6.86. The fraction of sp³-hybridized carbons (Fsp3) is 0.895. The van der Waals surface area contributed by atoms with Crippen molar-refractivity contribution < 1.29 is 9.53 Å². The first kappa shape index (κ1) is 24.3. The molecule has 2 nitrogen and oxygen atoms in total. The van der Waals surface area contributed by atoms with Gasteiger partial charge in [-0.3, -0.25) is 4.79 Å². The lowest BCUT2D eigenvalue weighted by Crippen LogP contribution is -2.13. The van der Waals surface area contributed by atoms with Crippen LogP contribution in [0.1, 0.15) is 85.0 Å². The Balaban J connectivity index is 3.25. The molecule has 0 amide bonds. The van der Waals surface area contributed by atoms with Crippen molar-refractivity contribution in [2.24, 2.45) is 5.92 Å². The van der Waals surface area contributed by atoms with Gasteiger partial charge < -0.3 is 4.74 Å². The molecule has 0 heterocycles. The van der Waals surface area contributed by atoms with Gasteiger partial charge in [-0.2, -0.15) is 0 Å². The quantitative estimate of drug-likeness (QED) is 0.172. The average molecular weight is 393 g/mol. The predicted molar refractivity (Wildman–Crippen MR) is 115 cm³/mol. The van der Waals surface area contributed by atoms with Crippen molar-refractivity contribution in [2.75, 3.05) is 18.1 Å². The van der Waals surface area contributed by atoms with E-state index in [4.69, 9.17) is 17.0 Å². The molecule has 0 saturated heterocycles. The number of esters is 1. The van der Waals surface area contributed by atoms with E-state index in [2.05, 4.69) is 6.92 Å². The second-order valence-electron chi connectivity index (χ2n) is 6.45. The third-order valence-corrected chi connectivity index (χ3v) is 6.49. The Kier molecular flexibility index (Phi) is 18.3. The Morgan fingerprint density at radius 2 is 1.38 bits per heavy atom. The van der Waals surface area contributed by atoms with Crippen molar-refractivity contribution in [3.63, 3.8) is 0 Å². The molecule has 0 aromatic rings. The van der Waals surface area contributed by atoms with Crippen molar-refractivity contribution in [1.82, 2.24) is 0 Å². The molecule has 0 bridgehead atoms. The van der Waals surface area contributed by atoms with Crippen LogP contribution in [-0.2, 0) is 9.53 Å². The van der Waals surface area contributed by atoms with Crippen LogP contribution < -0.4 is 0 Å². The van der Waals surface area contributed by atoms with Gasteiger partial charge in [-0.05, 0) is 12.2 Å². The fourth-order valence-electron chi connectivity index (χ4n) is 2.22. The zero-order chi connectivity index (χ0) is 18.0. The molecule has 0 aliphatic heterocycles. The first-order valence-electron chi connectivity index (χ1n) is 9.54. The largest absolute Gasteiger partial charge is 0.465 e. The minimum Gasteiger partial charge on any atom is -0.465 e. The third-order valence-electron chi connectivity index (χ3n) is 3.74. The van der Waals surface area contributed by atoms with E-state index in [1.807, 2.05) is 13.8 Å². The highest BCUT2D eigenvalue weighted by Crippen LogP contribution is 2.19. The molecule has 0 rings (SSSR count). The number of thioether (sulfide) groups is 2. The van der Waals surface area contributed by atoms with E-state index in [1.54, 1.807) is 23.5 Å². The molecule has 0 saturated carbocycles. The summed E-state index contributed by atoms with van der Waals surface area (Å²) in [4.78, 5) is 11.3. The SMILES string of the molecule is CCCCCCCCCCCCSC(=S)SCCOC(=O)C(C)C. The van der Waals surface area contributed by atoms with E-state index in [0.29, 0.717) is 6.61 Å². The number of hydrogen-bond acceptors (Lipinski definition) is 5. The summed E-state index contributed by atoms with van der Waals surface area (Å²) in [6, 6.07) is 0. The number of unbranched alkanes of at least 4 members (excludes halogenated alkanes) is 9. The maximum atomic E-state index is 11.3. The summed E-state index contributed by atoms with van der Waals surface area (Å²) in [6.07, 6.45) is 13.7. The molecule has 0 N–H and O–H groups in total. The van der Waals surface area contributed by atoms with Gasteiger partial charge in [-0.1, -0.05) is 90.8 Å². The van der Waals surface area contributed by atoms with Crippen LogP contribution in [0.15, 0.2) is 0 Å². The number of rotatable bonds is 15. The summed E-state index contributed by atoms with van der Waals surface area (Å²) >= 11 is 8.74. The second-order valence-corrected chi connectivity index (χ2v) is 9.84. The zero-order valence-electron chi connectivity index (χ0n) is 15.8. The lowest BCUT2D eigenvalue weighted by Gasteiger charge is -2.07. The van der Waals surface area contributed by atoms with Gasteiger partial charge in [-0.15, -0.1) is 23.5 Å². The molecular formula is C19H36O2S3. The van der Waals surface area contributed by atoms with Crippen LogP contribution in [0.3, 0.4) is 0 Å². The molecule has 0 radical (unpaired) electrons. The molecule has 5 heteroatoms. The molecule has 0 aliphatic rings. The van der Waals surface area contributed by atoms with E-state index in [9.17, 15) is 4.79 Å². The number of thiocarbonyl (C=S) groups is 1. The van der Waals surface area contributed by atoms with Crippen molar-refractivity contribution in [1.29, 1.82) is 0 Å². The van der Waals surface area contributed by atoms with Gasteiger partial charge in [0.05, 0.1) is 5.92 Å². The minimum atomic E-state index is -0.125. The summed E-state index contributed by atoms with van der Waals surface area (Å²) < 4.78 is 6.11. The smallest absolute Gasteiger partial charge is 0.308 e. The third kappa shape index (κ3) is 17.1. The number of hydrogen-bond donors (Lipinski definition) is 0. The lowest BCUT2D eigenvalue weighted by atomic mass is 10.1. The van der Waals surface area contributed by atoms with Crippen LogP contribution >= 0.6 is 35.7 Å². The Bertz CT molecular complexity index is 320. The van der Waals surface area contributed by atoms with Crippen molar-refractivity contribution in [2.45, 2.75) is 85.0 Å². The van der Waals surface area contributed by atoms with Crippen molar-refractivity contribution in [3.05, 3.63) is 0 Å². The van der Waals surface area contributed by atoms with Crippen LogP contribution in [0, 0.1) is 5.92 Å². The molecule has 24 heavy (non-hydrogen) atoms. The molecule has 0 fully saturated rings. The molecule has 0 atom stereocenters. The van der Waals surface area contributed by atoms with Crippen LogP contribution in [0.25, 0.3) is 0 Å². The summed E-state index contributed by atoms with van der Waals surface area (Å²) in [6.45, 7) is 6.43. The molecule has 0 unspecified atom stereocenters. The molecule has 0 aromatic heterocycles. The molecule has 142 valence electrons. The second kappa shape index (κ2) is 18.1. The highest BCUT2D eigenvalue weighted by Gasteiger charge is 2.08. The van der Waals surface area contributed by atoms with Crippen LogP contribution in [-0.4, -0.2) is 27.6 Å². The van der Waals surface area contributed by atoms with Crippen LogP contribution in [0.4, 0.5) is 0 Å². The summed E-state index contributed by atoms with van der Waals surface area (Å²) in [5, 5.41) is 0. The van der Waals surface area contributed by atoms with Crippen LogP contribution in [0.5, 0.6) is 0 Å². The number of carbonyl (C=O) groups excluding carboxylic acids is 1. The van der Waals surface area contributed by atoms with Gasteiger partial charge in [0.2, 0.25) is 0 Å². The number of ether oxygens (including phenoxy) is 1. The maximum Gasteiger partial charge on any atom is 0.308 e. The maximum absolute atomic E-state index is 11.3. The van der Waals surface area contributed by atoms with Gasteiger partial charge in [0.1, 0.15) is 10.1 Å². The highest BCUT2D eigenvalue weighted by molar-refractivity contribution is 8.47. The summed E-state index contributed by atoms with van der Waals surface area (Å²) in [7, 11) is 0. The van der Waals surface area contributed by atoms with Crippen molar-refractivity contribution in [3.8, 4) is 0 Å². The highest BCUT2D eigenvalue weighted by atomic mass is 32.2. The molecule has 0 spiro atoms. The standard InChI is InChI=1S/C19H36O2S3/c1-4-5-6-7-8-9-10-11-12-13-15-23-19(22)24-16-14-21-18(20)17(2)3/h17H,4-16H2,1-3H3. The minimum absolute atomic E-state index is 0.0485. The molecular weight excluding hydrogens is 356 g/mol. The first-order chi connectivity index (χ1) is 11.6. The monoisotopic (exact) mass is 392 g/mol. The summed E-state index contributed by atoms with van der Waals surface area (Å²) in [5.74, 6) is 1.71. The Morgan fingerprint density at radius 1 is 0.875 bits per heavy atom. The normalized spacial score (nSPS) is 11.0. The fourth-order valence-corrected chi connectivity index (χ4v) is 4.40. The number of carbonyl (C=O) groups is 1. The molecule has 0 aliphatic carbocycles. The summed E-state index contributed by atoms with van der Waals surface area (Å²) in [5.41, 5.74) is 0. The van der Waals surface area contributed by atoms with Gasteiger partial charge in [0.25, 0.3) is 0 Å². The Morgan fingerprint density at radius 3 is 1.92 bits per heavy atom. The Labute approximate surface area is 163 Å². The van der Waals surface area contributed by atoms with Gasteiger partial charge in [-0.25, -0.2) is 0 Å².